The average Bonchev–Trinajstić information content (AvgIpc) is 2.19. The predicted molar refractivity (Wildman–Crippen MR) is 61.8 cm³/mol. The maximum atomic E-state index is 9.75. The first-order valence-corrected chi connectivity index (χ1v) is 4.23. The molecular weight excluding hydrogens is 228 g/mol. The highest BCUT2D eigenvalue weighted by Crippen LogP contribution is 1.70. The molecule has 0 saturated carbocycles. The number of carbonyl (C=O) groups excluding carboxylic acids is 2. The van der Waals surface area contributed by atoms with E-state index < -0.39 is 5.97 Å². The molecule has 0 fully saturated rings. The van der Waals surface area contributed by atoms with Gasteiger partial charge in [0.05, 0.1) is 12.5 Å². The fourth-order valence-electron chi connectivity index (χ4n) is 0.235. The number of aliphatic carboxylic acids is 1. The zero-order valence-corrected chi connectivity index (χ0v) is 9.84. The third-order valence-corrected chi connectivity index (χ3v) is 0.673. The summed E-state index contributed by atoms with van der Waals surface area (Å²) in [5, 5.41) is 7.60. The monoisotopic (exact) mass is 244 g/mol. The van der Waals surface area contributed by atoms with Crippen LogP contribution in [0.1, 0.15) is 13.8 Å². The minimum absolute atomic E-state index is 0.329. The Morgan fingerprint density at radius 2 is 1.18 bits per heavy atom. The molecule has 96 valence electrons. The van der Waals surface area contributed by atoms with Gasteiger partial charge in [0.15, 0.2) is 0 Å². The summed E-state index contributed by atoms with van der Waals surface area (Å²) in [7, 11) is 0. The zero-order valence-electron chi connectivity index (χ0n) is 9.84. The van der Waals surface area contributed by atoms with Crippen molar-refractivity contribution in [2.24, 2.45) is 0 Å². The third-order valence-electron chi connectivity index (χ3n) is 0.673. The van der Waals surface area contributed by atoms with E-state index in [0.29, 0.717) is 0 Å². The smallest absolute Gasteiger partial charge is 0.327 e. The Hall–Kier alpha value is -2.37. The van der Waals surface area contributed by atoms with E-state index in [1.807, 2.05) is 0 Å². The highest BCUT2D eigenvalue weighted by atomic mass is 16.5. The summed E-state index contributed by atoms with van der Waals surface area (Å²) < 4.78 is 8.33. The summed E-state index contributed by atoms with van der Waals surface area (Å²) >= 11 is 0. The fourth-order valence-corrected chi connectivity index (χ4v) is 0.235. The molecule has 0 bridgehead atoms. The lowest BCUT2D eigenvalue weighted by Crippen LogP contribution is -1.87. The van der Waals surface area contributed by atoms with Gasteiger partial charge in [0, 0.05) is 19.9 Å². The van der Waals surface area contributed by atoms with Gasteiger partial charge in [-0.3, -0.25) is 9.59 Å². The minimum Gasteiger partial charge on any atom is -0.478 e. The molecule has 0 radical (unpaired) electrons. The van der Waals surface area contributed by atoms with Crippen LogP contribution in [0, 0.1) is 0 Å². The molecule has 0 atom stereocenters. The van der Waals surface area contributed by atoms with Crippen LogP contribution in [0.15, 0.2) is 38.3 Å². The van der Waals surface area contributed by atoms with Crippen molar-refractivity contribution < 1.29 is 29.0 Å². The molecule has 1 N–H and O–H groups in total. The maximum absolute atomic E-state index is 9.75. The van der Waals surface area contributed by atoms with Gasteiger partial charge in [0.25, 0.3) is 0 Å². The Balaban J connectivity index is -0.000000174. The first kappa shape index (κ1) is 20.1. The van der Waals surface area contributed by atoms with E-state index in [2.05, 4.69) is 29.2 Å². The van der Waals surface area contributed by atoms with E-state index in [1.165, 1.54) is 13.8 Å². The molecule has 0 aromatic heterocycles. The second-order valence-electron chi connectivity index (χ2n) is 2.09. The largest absolute Gasteiger partial charge is 0.478 e. The third kappa shape index (κ3) is 58.2. The molecule has 17 heavy (non-hydrogen) atoms. The highest BCUT2D eigenvalue weighted by molar-refractivity contribution is 5.78. The van der Waals surface area contributed by atoms with Crippen LogP contribution >= 0.6 is 0 Å². The Morgan fingerprint density at radius 1 is 0.941 bits per heavy atom. The molecule has 0 rings (SSSR count). The van der Waals surface area contributed by atoms with Crippen molar-refractivity contribution in [3.63, 3.8) is 0 Å². The Labute approximate surface area is 99.8 Å². The molecule has 0 unspecified atom stereocenters. The van der Waals surface area contributed by atoms with Crippen molar-refractivity contribution in [1.29, 1.82) is 0 Å². The number of carbonyl (C=O) groups is 3. The number of esters is 2. The number of hydrogen-bond acceptors (Lipinski definition) is 5. The van der Waals surface area contributed by atoms with Gasteiger partial charge >= 0.3 is 17.9 Å². The lowest BCUT2D eigenvalue weighted by Gasteiger charge is -1.83. The molecule has 0 saturated heterocycles. The van der Waals surface area contributed by atoms with Gasteiger partial charge in [-0.05, 0) is 0 Å². The Kier molecular flexibility index (Phi) is 19.0. The molecule has 0 amide bonds. The number of carboxylic acids is 1. The molecule has 6 heteroatoms. The van der Waals surface area contributed by atoms with Crippen LogP contribution in [-0.2, 0) is 23.9 Å². The van der Waals surface area contributed by atoms with Gasteiger partial charge in [0.2, 0.25) is 0 Å². The first-order chi connectivity index (χ1) is 7.81. The molecule has 0 aliphatic rings. The summed E-state index contributed by atoms with van der Waals surface area (Å²) in [6.45, 7) is 11.9. The van der Waals surface area contributed by atoms with Crippen molar-refractivity contribution >= 4 is 17.9 Å². The topological polar surface area (TPSA) is 89.9 Å². The summed E-state index contributed by atoms with van der Waals surface area (Å²) in [6.07, 6.45) is 3.03. The van der Waals surface area contributed by atoms with Crippen molar-refractivity contribution in [3.05, 3.63) is 38.3 Å². The van der Waals surface area contributed by atoms with Gasteiger partial charge in [-0.1, -0.05) is 19.7 Å². The lowest BCUT2D eigenvalue weighted by molar-refractivity contribution is -0.136. The van der Waals surface area contributed by atoms with Crippen LogP contribution in [0.2, 0.25) is 0 Å². The van der Waals surface area contributed by atoms with Crippen LogP contribution in [0.5, 0.6) is 0 Å². The molecule has 0 aromatic rings. The number of rotatable bonds is 3. The SMILES string of the molecule is C=CC(=O)O.C=COC(C)=O.C=COC(C)=O. The van der Waals surface area contributed by atoms with Crippen LogP contribution in [0.4, 0.5) is 0 Å². The second kappa shape index (κ2) is 16.1. The number of carboxylic acid groups (broad SMARTS) is 1. The van der Waals surface area contributed by atoms with Crippen molar-refractivity contribution in [1.82, 2.24) is 0 Å². The molecule has 0 heterocycles. The van der Waals surface area contributed by atoms with Crippen LogP contribution < -0.4 is 0 Å². The van der Waals surface area contributed by atoms with Crippen LogP contribution in [0.3, 0.4) is 0 Å². The minimum atomic E-state index is -0.981. The molecule has 0 aliphatic heterocycles. The standard InChI is InChI=1S/2C4H6O2.C3H4O2/c2*1-3-6-4(2)5;1-2-3(4)5/h2*3H,1H2,2H3;2H,1H2,(H,4,5). The summed E-state index contributed by atoms with van der Waals surface area (Å²) in [5.41, 5.74) is 0. The van der Waals surface area contributed by atoms with Crippen molar-refractivity contribution in [3.8, 4) is 0 Å². The van der Waals surface area contributed by atoms with E-state index in [9.17, 15) is 14.4 Å². The number of hydrogen-bond donors (Lipinski definition) is 1. The quantitative estimate of drug-likeness (QED) is 0.461. The Bertz CT molecular complexity index is 260. The molecule has 6 nitrogen and oxygen atoms in total. The molecule has 0 aromatic carbocycles. The van der Waals surface area contributed by atoms with E-state index in [0.717, 1.165) is 18.6 Å². The fraction of sp³-hybridized carbons (Fsp3) is 0.182. The van der Waals surface area contributed by atoms with Gasteiger partial charge in [-0.2, -0.15) is 0 Å². The van der Waals surface area contributed by atoms with E-state index in [4.69, 9.17) is 5.11 Å². The predicted octanol–water partition coefficient (Wildman–Crippen LogP) is 1.64. The molecule has 0 spiro atoms. The summed E-state index contributed by atoms with van der Waals surface area (Å²) in [5.74, 6) is -1.64. The van der Waals surface area contributed by atoms with Gasteiger partial charge < -0.3 is 14.6 Å². The second-order valence-corrected chi connectivity index (χ2v) is 2.09. The first-order valence-electron chi connectivity index (χ1n) is 4.23. The van der Waals surface area contributed by atoms with Crippen LogP contribution in [-0.4, -0.2) is 23.0 Å². The van der Waals surface area contributed by atoms with E-state index >= 15 is 0 Å². The van der Waals surface area contributed by atoms with Gasteiger partial charge in [0.1, 0.15) is 0 Å². The number of ether oxygens (including phenoxy) is 2. The lowest BCUT2D eigenvalue weighted by atomic mass is 10.7. The van der Waals surface area contributed by atoms with Crippen molar-refractivity contribution in [2.75, 3.05) is 0 Å². The Morgan fingerprint density at radius 3 is 1.18 bits per heavy atom. The van der Waals surface area contributed by atoms with E-state index in [-0.39, 0.29) is 11.9 Å². The van der Waals surface area contributed by atoms with E-state index in [1.54, 1.807) is 0 Å². The van der Waals surface area contributed by atoms with Gasteiger partial charge in [-0.15, -0.1) is 0 Å². The van der Waals surface area contributed by atoms with Gasteiger partial charge in [-0.25, -0.2) is 4.79 Å². The average molecular weight is 244 g/mol. The highest BCUT2D eigenvalue weighted by Gasteiger charge is 1.79. The molecule has 0 aliphatic carbocycles. The summed E-state index contributed by atoms with van der Waals surface area (Å²) in [4.78, 5) is 28.8. The van der Waals surface area contributed by atoms with Crippen molar-refractivity contribution in [2.45, 2.75) is 13.8 Å². The normalized spacial score (nSPS) is 6.71. The summed E-state index contributed by atoms with van der Waals surface area (Å²) in [6, 6.07) is 0. The zero-order chi connectivity index (χ0) is 14.3. The van der Waals surface area contributed by atoms with Crippen LogP contribution in [0.25, 0.3) is 0 Å². The molecular formula is C11H16O6. The maximum Gasteiger partial charge on any atom is 0.327 e.